The predicted octanol–water partition coefficient (Wildman–Crippen LogP) is -1.12. The molecule has 5 heteroatoms. The Hall–Kier alpha value is 0.511. The molecule has 0 rings (SSSR count). The van der Waals surface area contributed by atoms with E-state index in [-0.39, 0.29) is 48.9 Å². The van der Waals surface area contributed by atoms with Crippen molar-refractivity contribution in [3.8, 4) is 0 Å². The van der Waals surface area contributed by atoms with Crippen molar-refractivity contribution >= 4 is 60.8 Å². The average molecular weight is 257 g/mol. The van der Waals surface area contributed by atoms with Crippen LogP contribution in [0.5, 0.6) is 0 Å². The Balaban J connectivity index is 0. The normalized spacial score (nSPS) is 8.22. The minimum absolute atomic E-state index is 0. The van der Waals surface area contributed by atoms with Gasteiger partial charge in [-0.15, -0.1) is 0 Å². The van der Waals surface area contributed by atoms with Crippen molar-refractivity contribution in [2.24, 2.45) is 5.92 Å². The van der Waals surface area contributed by atoms with Crippen molar-refractivity contribution in [3.05, 3.63) is 0 Å². The third kappa shape index (κ3) is 4.98. The molecule has 0 unspecified atom stereocenters. The number of carboxylic acids is 2. The molecule has 0 amide bonds. The van der Waals surface area contributed by atoms with E-state index >= 15 is 0 Å². The van der Waals surface area contributed by atoms with E-state index in [1.165, 1.54) is 0 Å². The zero-order valence-electron chi connectivity index (χ0n) is 4.29. The van der Waals surface area contributed by atoms with E-state index in [9.17, 15) is 9.59 Å². The monoisotopic (exact) mass is 258 g/mol. The third-order valence-corrected chi connectivity index (χ3v) is 0.741. The maximum absolute atomic E-state index is 9.76. The summed E-state index contributed by atoms with van der Waals surface area (Å²) in [6.45, 7) is 1.12. The van der Waals surface area contributed by atoms with E-state index in [1.807, 2.05) is 0 Å². The van der Waals surface area contributed by atoms with Crippen LogP contribution in [-0.2, 0) is 9.59 Å². The van der Waals surface area contributed by atoms with E-state index in [0.717, 1.165) is 6.92 Å². The van der Waals surface area contributed by atoms with Gasteiger partial charge < -0.3 is 10.2 Å². The molecule has 0 heterocycles. The van der Waals surface area contributed by atoms with E-state index in [2.05, 4.69) is 0 Å². The van der Waals surface area contributed by atoms with Gasteiger partial charge in [-0.2, -0.15) is 0 Å². The molecule has 0 aromatic rings. The number of carbonyl (C=O) groups is 2. The fraction of sp³-hybridized carbons (Fsp3) is 0.500. The SMILES string of the molecule is CC(C(=O)O)C(=O)O.[BaH2]. The summed E-state index contributed by atoms with van der Waals surface area (Å²) >= 11 is 0. The van der Waals surface area contributed by atoms with Crippen LogP contribution < -0.4 is 0 Å². The molecule has 0 fully saturated rings. The Bertz CT molecular complexity index is 108. The number of hydrogen-bond acceptors (Lipinski definition) is 2. The molecule has 0 saturated carbocycles. The molecule has 2 N–H and O–H groups in total. The van der Waals surface area contributed by atoms with Crippen LogP contribution in [0.4, 0.5) is 0 Å². The Morgan fingerprint density at radius 2 is 1.44 bits per heavy atom. The third-order valence-electron chi connectivity index (χ3n) is 0.741. The minimum atomic E-state index is -1.31. The van der Waals surface area contributed by atoms with Gasteiger partial charge in [-0.3, -0.25) is 9.59 Å². The Kier molecular flexibility index (Phi) is 7.20. The van der Waals surface area contributed by atoms with E-state index in [1.54, 1.807) is 0 Å². The standard InChI is InChI=1S/C4H6O4.Ba.2H/c1-2(3(5)6)4(7)8;;;/h2H,1H3,(H,5,6)(H,7,8);;;. The van der Waals surface area contributed by atoms with Gasteiger partial charge in [-0.1, -0.05) is 0 Å². The number of hydrogen-bond donors (Lipinski definition) is 2. The molecule has 0 aliphatic carbocycles. The summed E-state index contributed by atoms with van der Waals surface area (Å²) in [6, 6.07) is 0. The number of carboxylic acid groups (broad SMARTS) is 2. The first-order valence-corrected chi connectivity index (χ1v) is 2.01. The molecule has 0 bridgehead atoms. The van der Waals surface area contributed by atoms with Crippen LogP contribution in [0.25, 0.3) is 0 Å². The molecule has 0 aliphatic rings. The summed E-state index contributed by atoms with van der Waals surface area (Å²) in [5.41, 5.74) is 0. The second-order valence-corrected chi connectivity index (χ2v) is 1.40. The van der Waals surface area contributed by atoms with Crippen LogP contribution in [0.1, 0.15) is 6.92 Å². The van der Waals surface area contributed by atoms with Gasteiger partial charge in [-0.25, -0.2) is 0 Å². The van der Waals surface area contributed by atoms with Gasteiger partial charge in [0.15, 0.2) is 5.92 Å². The van der Waals surface area contributed by atoms with E-state index < -0.39 is 17.9 Å². The molecular weight excluding hydrogens is 249 g/mol. The van der Waals surface area contributed by atoms with Gasteiger partial charge in [0.25, 0.3) is 0 Å². The Labute approximate surface area is 92.3 Å². The second kappa shape index (κ2) is 5.31. The Morgan fingerprint density at radius 3 is 1.44 bits per heavy atom. The van der Waals surface area contributed by atoms with Gasteiger partial charge in [0, 0.05) is 0 Å². The number of aliphatic carboxylic acids is 2. The van der Waals surface area contributed by atoms with Crippen molar-refractivity contribution in [1.82, 2.24) is 0 Å². The average Bonchev–Trinajstić information content (AvgIpc) is 1.64. The molecule has 0 saturated heterocycles. The van der Waals surface area contributed by atoms with Crippen LogP contribution in [0.3, 0.4) is 0 Å². The van der Waals surface area contributed by atoms with Crippen molar-refractivity contribution in [2.45, 2.75) is 6.92 Å². The van der Waals surface area contributed by atoms with Crippen LogP contribution in [0, 0.1) is 5.92 Å². The summed E-state index contributed by atoms with van der Waals surface area (Å²) in [5.74, 6) is -3.91. The molecular formula is C4H8BaO4. The van der Waals surface area contributed by atoms with Gasteiger partial charge in [0.05, 0.1) is 0 Å². The first-order chi connectivity index (χ1) is 3.55. The van der Waals surface area contributed by atoms with E-state index in [4.69, 9.17) is 10.2 Å². The predicted molar refractivity (Wildman–Crippen MR) is 33.0 cm³/mol. The molecule has 0 aromatic carbocycles. The zero-order chi connectivity index (χ0) is 6.73. The Morgan fingerprint density at radius 1 is 1.22 bits per heavy atom. The van der Waals surface area contributed by atoms with Crippen molar-refractivity contribution < 1.29 is 19.8 Å². The summed E-state index contributed by atoms with van der Waals surface area (Å²) in [5, 5.41) is 15.9. The number of rotatable bonds is 2. The van der Waals surface area contributed by atoms with Crippen molar-refractivity contribution in [3.63, 3.8) is 0 Å². The molecule has 0 radical (unpaired) electrons. The van der Waals surface area contributed by atoms with Crippen LogP contribution in [0.2, 0.25) is 0 Å². The van der Waals surface area contributed by atoms with Crippen LogP contribution in [0.15, 0.2) is 0 Å². The fourth-order valence-electron chi connectivity index (χ4n) is 0.106. The summed E-state index contributed by atoms with van der Waals surface area (Å²) in [4.78, 5) is 19.5. The molecule has 4 nitrogen and oxygen atoms in total. The quantitative estimate of drug-likeness (QED) is 0.485. The topological polar surface area (TPSA) is 74.6 Å². The summed E-state index contributed by atoms with van der Waals surface area (Å²) < 4.78 is 0. The van der Waals surface area contributed by atoms with Crippen LogP contribution in [-0.4, -0.2) is 71.0 Å². The molecule has 0 aliphatic heterocycles. The molecule has 0 aromatic heterocycles. The van der Waals surface area contributed by atoms with Gasteiger partial charge in [0.2, 0.25) is 0 Å². The molecule has 9 heavy (non-hydrogen) atoms. The zero-order valence-corrected chi connectivity index (χ0v) is 4.29. The van der Waals surface area contributed by atoms with Crippen molar-refractivity contribution in [1.29, 1.82) is 0 Å². The molecule has 0 atom stereocenters. The maximum atomic E-state index is 9.76. The summed E-state index contributed by atoms with van der Waals surface area (Å²) in [6.07, 6.45) is 0. The van der Waals surface area contributed by atoms with Crippen LogP contribution >= 0.6 is 0 Å². The first-order valence-electron chi connectivity index (χ1n) is 2.01. The van der Waals surface area contributed by atoms with Gasteiger partial charge >= 0.3 is 60.8 Å². The summed E-state index contributed by atoms with van der Waals surface area (Å²) in [7, 11) is 0. The molecule has 0 spiro atoms. The first kappa shape index (κ1) is 12.2. The van der Waals surface area contributed by atoms with Gasteiger partial charge in [0.1, 0.15) is 0 Å². The van der Waals surface area contributed by atoms with Gasteiger partial charge in [-0.05, 0) is 6.92 Å². The van der Waals surface area contributed by atoms with Crippen molar-refractivity contribution in [2.75, 3.05) is 0 Å². The van der Waals surface area contributed by atoms with E-state index in [0.29, 0.717) is 0 Å². The fourth-order valence-corrected chi connectivity index (χ4v) is 0.106. The molecule has 50 valence electrons. The second-order valence-electron chi connectivity index (χ2n) is 1.40.